The highest BCUT2D eigenvalue weighted by atomic mass is 16.7. The van der Waals surface area contributed by atoms with E-state index in [0.29, 0.717) is 6.42 Å². The Morgan fingerprint density at radius 1 is 1.21 bits per heavy atom. The lowest BCUT2D eigenvalue weighted by Crippen LogP contribution is -2.39. The minimum atomic E-state index is -0.285. The van der Waals surface area contributed by atoms with Gasteiger partial charge in [-0.15, -0.1) is 0 Å². The quantitative estimate of drug-likeness (QED) is 0.631. The van der Waals surface area contributed by atoms with Crippen LogP contribution in [0.4, 0.5) is 0 Å². The maximum Gasteiger partial charge on any atom is 0.308 e. The Morgan fingerprint density at radius 3 is 2.71 bits per heavy atom. The van der Waals surface area contributed by atoms with Crippen LogP contribution in [0.15, 0.2) is 30.3 Å². The van der Waals surface area contributed by atoms with Crippen molar-refractivity contribution in [2.75, 3.05) is 0 Å². The van der Waals surface area contributed by atoms with Gasteiger partial charge in [-0.2, -0.15) is 0 Å². The van der Waals surface area contributed by atoms with E-state index < -0.39 is 0 Å². The van der Waals surface area contributed by atoms with E-state index in [1.54, 1.807) is 0 Å². The van der Waals surface area contributed by atoms with Gasteiger partial charge < -0.3 is 9.47 Å². The van der Waals surface area contributed by atoms with Gasteiger partial charge in [0.05, 0.1) is 18.4 Å². The molecule has 0 aromatic heterocycles. The average molecular weight is 190 g/mol. The van der Waals surface area contributed by atoms with Crippen molar-refractivity contribution in [3.05, 3.63) is 35.9 Å². The van der Waals surface area contributed by atoms with E-state index in [9.17, 15) is 4.79 Å². The first-order valence-electron chi connectivity index (χ1n) is 4.74. The number of carbonyl (C=O) groups excluding carboxylic acids is 1. The Hall–Kier alpha value is -1.35. The fraction of sp³-hybridized carbons (Fsp3) is 0.364. The minimum absolute atomic E-state index is 0.0487. The molecule has 3 rings (SSSR count). The van der Waals surface area contributed by atoms with Crippen LogP contribution in [0.2, 0.25) is 0 Å². The van der Waals surface area contributed by atoms with Crippen molar-refractivity contribution in [1.29, 1.82) is 0 Å². The summed E-state index contributed by atoms with van der Waals surface area (Å²) in [6.45, 7) is 0. The van der Waals surface area contributed by atoms with Gasteiger partial charge in [0.25, 0.3) is 0 Å². The largest absolute Gasteiger partial charge is 0.435 e. The summed E-state index contributed by atoms with van der Waals surface area (Å²) in [6, 6.07) is 9.95. The van der Waals surface area contributed by atoms with Crippen LogP contribution in [0.1, 0.15) is 18.1 Å². The Balaban J connectivity index is 1.81. The standard InChI is InChI=1S/C11H10O3/c12-9-6-8-10(14-11(8)13-9)7-4-2-1-3-5-7/h1-5,8,10-11H,6H2/t8-,10-,11+/m1/s1. The van der Waals surface area contributed by atoms with Crippen LogP contribution in [0.3, 0.4) is 0 Å². The second-order valence-electron chi connectivity index (χ2n) is 3.69. The van der Waals surface area contributed by atoms with Crippen LogP contribution in [-0.4, -0.2) is 12.3 Å². The van der Waals surface area contributed by atoms with Crippen molar-refractivity contribution >= 4 is 5.97 Å². The van der Waals surface area contributed by atoms with Crippen molar-refractivity contribution in [2.45, 2.75) is 18.8 Å². The van der Waals surface area contributed by atoms with Gasteiger partial charge in [0.1, 0.15) is 0 Å². The maximum absolute atomic E-state index is 11.0. The second kappa shape index (κ2) is 2.82. The predicted molar refractivity (Wildman–Crippen MR) is 48.3 cm³/mol. The third-order valence-corrected chi connectivity index (χ3v) is 2.80. The molecule has 2 saturated heterocycles. The minimum Gasteiger partial charge on any atom is -0.435 e. The molecule has 0 spiro atoms. The molecule has 1 aromatic rings. The van der Waals surface area contributed by atoms with Crippen LogP contribution in [0.5, 0.6) is 0 Å². The highest BCUT2D eigenvalue weighted by Gasteiger charge is 2.51. The molecule has 0 aliphatic carbocycles. The van der Waals surface area contributed by atoms with E-state index in [4.69, 9.17) is 9.47 Å². The van der Waals surface area contributed by atoms with Crippen molar-refractivity contribution in [1.82, 2.24) is 0 Å². The molecular weight excluding hydrogens is 180 g/mol. The van der Waals surface area contributed by atoms with Crippen molar-refractivity contribution in [2.24, 2.45) is 5.92 Å². The lowest BCUT2D eigenvalue weighted by molar-refractivity contribution is -0.263. The number of benzene rings is 1. The normalized spacial score (nSPS) is 34.6. The first-order chi connectivity index (χ1) is 6.84. The topological polar surface area (TPSA) is 35.5 Å². The highest BCUT2D eigenvalue weighted by molar-refractivity contribution is 5.72. The molecule has 0 radical (unpaired) electrons. The number of ether oxygens (including phenoxy) is 2. The van der Waals surface area contributed by atoms with Crippen molar-refractivity contribution in [3.63, 3.8) is 0 Å². The number of fused-ring (bicyclic) bond motifs is 1. The predicted octanol–water partition coefficient (Wildman–Crippen LogP) is 1.65. The second-order valence-corrected chi connectivity index (χ2v) is 3.69. The number of carbonyl (C=O) groups is 1. The lowest BCUT2D eigenvalue weighted by Gasteiger charge is -2.38. The van der Waals surface area contributed by atoms with Crippen molar-refractivity contribution in [3.8, 4) is 0 Å². The molecule has 72 valence electrons. The van der Waals surface area contributed by atoms with Gasteiger partial charge in [-0.1, -0.05) is 30.3 Å². The first-order valence-corrected chi connectivity index (χ1v) is 4.74. The molecule has 3 nitrogen and oxygen atoms in total. The SMILES string of the molecule is O=C1C[C@H]2[C@@H](O1)O[C@@H]2c1ccccc1. The van der Waals surface area contributed by atoms with E-state index in [1.165, 1.54) is 0 Å². The monoisotopic (exact) mass is 190 g/mol. The van der Waals surface area contributed by atoms with E-state index in [0.717, 1.165) is 5.56 Å². The molecule has 14 heavy (non-hydrogen) atoms. The number of hydrogen-bond acceptors (Lipinski definition) is 3. The van der Waals surface area contributed by atoms with Crippen molar-refractivity contribution < 1.29 is 14.3 Å². The summed E-state index contributed by atoms with van der Waals surface area (Å²) in [5, 5.41) is 0. The summed E-state index contributed by atoms with van der Waals surface area (Å²) < 4.78 is 10.4. The van der Waals surface area contributed by atoms with E-state index in [1.807, 2.05) is 30.3 Å². The fourth-order valence-electron chi connectivity index (χ4n) is 2.06. The summed E-state index contributed by atoms with van der Waals surface area (Å²) >= 11 is 0. The molecule has 3 atom stereocenters. The molecule has 2 fully saturated rings. The third kappa shape index (κ3) is 1.06. The molecule has 0 amide bonds. The molecule has 2 heterocycles. The average Bonchev–Trinajstić information content (AvgIpc) is 2.47. The number of esters is 1. The molecule has 0 bridgehead atoms. The number of hydrogen-bond donors (Lipinski definition) is 0. The molecule has 2 aliphatic heterocycles. The summed E-state index contributed by atoms with van der Waals surface area (Å²) in [7, 11) is 0. The molecule has 3 heteroatoms. The Morgan fingerprint density at radius 2 is 2.00 bits per heavy atom. The van der Waals surface area contributed by atoms with Gasteiger partial charge in [0.2, 0.25) is 6.29 Å². The summed E-state index contributed by atoms with van der Waals surface area (Å²) in [5.41, 5.74) is 1.13. The number of rotatable bonds is 1. The van der Waals surface area contributed by atoms with Gasteiger partial charge in [-0.3, -0.25) is 4.79 Å². The lowest BCUT2D eigenvalue weighted by atomic mass is 9.89. The molecule has 1 aromatic carbocycles. The van der Waals surface area contributed by atoms with Gasteiger partial charge >= 0.3 is 5.97 Å². The Kier molecular flexibility index (Phi) is 1.61. The molecule has 0 saturated carbocycles. The zero-order valence-corrected chi connectivity index (χ0v) is 7.55. The first kappa shape index (κ1) is 8.00. The summed E-state index contributed by atoms with van der Waals surface area (Å²) in [5.74, 6) is 0.0864. The third-order valence-electron chi connectivity index (χ3n) is 2.80. The van der Waals surface area contributed by atoms with Gasteiger partial charge in [-0.25, -0.2) is 0 Å². The van der Waals surface area contributed by atoms with E-state index in [2.05, 4.69) is 0 Å². The van der Waals surface area contributed by atoms with Crippen LogP contribution in [0.25, 0.3) is 0 Å². The van der Waals surface area contributed by atoms with Crippen LogP contribution < -0.4 is 0 Å². The fourth-order valence-corrected chi connectivity index (χ4v) is 2.06. The Labute approximate surface area is 81.6 Å². The smallest absolute Gasteiger partial charge is 0.308 e. The molecule has 0 unspecified atom stereocenters. The Bertz CT molecular complexity index is 360. The molecule has 2 aliphatic rings. The zero-order valence-electron chi connectivity index (χ0n) is 7.55. The van der Waals surface area contributed by atoms with Crippen LogP contribution in [0, 0.1) is 5.92 Å². The van der Waals surface area contributed by atoms with Gasteiger partial charge in [0, 0.05) is 0 Å². The summed E-state index contributed by atoms with van der Waals surface area (Å²) in [6.07, 6.45) is 0.255. The molecular formula is C11H10O3. The van der Waals surface area contributed by atoms with Gasteiger partial charge in [0.15, 0.2) is 0 Å². The highest BCUT2D eigenvalue weighted by Crippen LogP contribution is 2.47. The van der Waals surface area contributed by atoms with Crippen LogP contribution >= 0.6 is 0 Å². The van der Waals surface area contributed by atoms with Gasteiger partial charge in [-0.05, 0) is 5.56 Å². The van der Waals surface area contributed by atoms with E-state index in [-0.39, 0.29) is 24.3 Å². The summed E-state index contributed by atoms with van der Waals surface area (Å²) in [4.78, 5) is 11.0. The zero-order chi connectivity index (χ0) is 9.54. The maximum atomic E-state index is 11.0. The van der Waals surface area contributed by atoms with E-state index >= 15 is 0 Å². The van der Waals surface area contributed by atoms with Crippen LogP contribution in [-0.2, 0) is 14.3 Å². The molecule has 0 N–H and O–H groups in total.